The maximum Gasteiger partial charge on any atom is 0.356 e. The van der Waals surface area contributed by atoms with E-state index < -0.39 is 12.4 Å². The van der Waals surface area contributed by atoms with Crippen LogP contribution in [0.25, 0.3) is 10.6 Å². The van der Waals surface area contributed by atoms with E-state index in [2.05, 4.69) is 35.8 Å². The third kappa shape index (κ3) is 2.27. The van der Waals surface area contributed by atoms with Crippen LogP contribution in [0.1, 0.15) is 22.6 Å². The largest absolute Gasteiger partial charge is 0.464 e. The Balaban J connectivity index is 2.46. The van der Waals surface area contributed by atoms with Crippen LogP contribution >= 0.6 is 27.3 Å². The summed E-state index contributed by atoms with van der Waals surface area (Å²) in [6.07, 6.45) is -1.34. The lowest BCUT2D eigenvalue weighted by molar-refractivity contribution is 0.0595. The van der Waals surface area contributed by atoms with Gasteiger partial charge in [0, 0.05) is 0 Å². The Morgan fingerprint density at radius 1 is 1.61 bits per heavy atom. The molecule has 0 atom stereocenters. The first kappa shape index (κ1) is 13.1. The number of aromatic nitrogens is 3. The van der Waals surface area contributed by atoms with Crippen LogP contribution in [0, 0.1) is 0 Å². The van der Waals surface area contributed by atoms with Gasteiger partial charge < -0.3 is 4.74 Å². The highest BCUT2D eigenvalue weighted by Crippen LogP contribution is 2.37. The number of esters is 1. The highest BCUT2D eigenvalue weighted by Gasteiger charge is 2.23. The number of nitrogens with one attached hydrogen (secondary N) is 1. The fourth-order valence-corrected chi connectivity index (χ4v) is 2.81. The molecule has 2 rings (SSSR count). The van der Waals surface area contributed by atoms with Gasteiger partial charge in [-0.05, 0) is 15.9 Å². The number of methoxy groups -OCH3 is 1. The van der Waals surface area contributed by atoms with Crippen LogP contribution < -0.4 is 0 Å². The van der Waals surface area contributed by atoms with E-state index in [1.807, 2.05) is 0 Å². The lowest BCUT2D eigenvalue weighted by Gasteiger charge is -1.97. The first-order valence-corrected chi connectivity index (χ1v) is 6.22. The minimum atomic E-state index is -2.68. The summed E-state index contributed by atoms with van der Waals surface area (Å²) in [5.41, 5.74) is 0.0611. The number of ether oxygens (including phenoxy) is 1. The van der Waals surface area contributed by atoms with Crippen molar-refractivity contribution < 1.29 is 18.3 Å². The summed E-state index contributed by atoms with van der Waals surface area (Å²) in [5, 5.41) is 6.41. The van der Waals surface area contributed by atoms with Crippen molar-refractivity contribution in [2.24, 2.45) is 0 Å². The number of hydrogen-bond acceptors (Lipinski definition) is 5. The molecule has 0 bridgehead atoms. The second kappa shape index (κ2) is 5.11. The number of aromatic amines is 1. The molecule has 0 radical (unpaired) electrons. The normalized spacial score (nSPS) is 10.9. The Labute approximate surface area is 112 Å². The van der Waals surface area contributed by atoms with Crippen LogP contribution in [0.4, 0.5) is 8.78 Å². The Morgan fingerprint density at radius 3 is 2.89 bits per heavy atom. The summed E-state index contributed by atoms with van der Waals surface area (Å²) >= 11 is 4.01. The van der Waals surface area contributed by atoms with E-state index in [-0.39, 0.29) is 20.2 Å². The van der Waals surface area contributed by atoms with Crippen molar-refractivity contribution in [1.29, 1.82) is 0 Å². The van der Waals surface area contributed by atoms with Gasteiger partial charge in [-0.1, -0.05) is 0 Å². The van der Waals surface area contributed by atoms with Crippen LogP contribution in [-0.2, 0) is 4.74 Å². The molecule has 0 unspecified atom stereocenters. The predicted octanol–water partition coefficient (Wildman–Crippen LogP) is 3.02. The topological polar surface area (TPSA) is 67.9 Å². The summed E-state index contributed by atoms with van der Waals surface area (Å²) in [4.78, 5) is 15.2. The molecule has 2 heterocycles. The van der Waals surface area contributed by atoms with Gasteiger partial charge in [-0.15, -0.1) is 11.3 Å². The van der Waals surface area contributed by atoms with E-state index in [9.17, 15) is 13.6 Å². The van der Waals surface area contributed by atoms with Crippen LogP contribution in [0.2, 0.25) is 0 Å². The molecule has 0 amide bonds. The van der Waals surface area contributed by atoms with Gasteiger partial charge in [0.15, 0.2) is 5.69 Å². The minimum absolute atomic E-state index is 0.0829. The molecule has 0 aliphatic rings. The molecule has 2 aromatic heterocycles. The molecule has 0 spiro atoms. The summed E-state index contributed by atoms with van der Waals surface area (Å²) in [7, 11) is 1.22. The molecule has 18 heavy (non-hydrogen) atoms. The molecule has 96 valence electrons. The lowest BCUT2D eigenvalue weighted by Crippen LogP contribution is -2.03. The van der Waals surface area contributed by atoms with Crippen molar-refractivity contribution in [2.45, 2.75) is 6.43 Å². The third-order valence-electron chi connectivity index (χ3n) is 2.08. The van der Waals surface area contributed by atoms with E-state index >= 15 is 0 Å². The first-order chi connectivity index (χ1) is 8.54. The molecular weight excluding hydrogens is 332 g/mol. The van der Waals surface area contributed by atoms with Crippen LogP contribution in [0.5, 0.6) is 0 Å². The summed E-state index contributed by atoms with van der Waals surface area (Å²) < 4.78 is 30.0. The van der Waals surface area contributed by atoms with Crippen molar-refractivity contribution >= 4 is 33.2 Å². The zero-order valence-electron chi connectivity index (χ0n) is 8.91. The van der Waals surface area contributed by atoms with Gasteiger partial charge in [0.2, 0.25) is 0 Å². The van der Waals surface area contributed by atoms with Crippen LogP contribution in [-0.4, -0.2) is 28.3 Å². The van der Waals surface area contributed by atoms with Crippen molar-refractivity contribution in [3.63, 3.8) is 0 Å². The zero-order valence-corrected chi connectivity index (χ0v) is 11.3. The lowest BCUT2D eigenvalue weighted by atomic mass is 10.2. The fourth-order valence-electron chi connectivity index (χ4n) is 1.27. The van der Waals surface area contributed by atoms with Gasteiger partial charge in [0.1, 0.15) is 10.7 Å². The maximum absolute atomic E-state index is 12.6. The van der Waals surface area contributed by atoms with Crippen LogP contribution in [0.15, 0.2) is 9.98 Å². The molecular formula is C9H6BrF2N3O2S. The molecule has 2 aromatic rings. The zero-order chi connectivity index (χ0) is 13.3. The monoisotopic (exact) mass is 337 g/mol. The fraction of sp³-hybridized carbons (Fsp3) is 0.222. The smallest absolute Gasteiger partial charge is 0.356 e. The van der Waals surface area contributed by atoms with Gasteiger partial charge in [0.05, 0.1) is 22.7 Å². The van der Waals surface area contributed by atoms with Gasteiger partial charge in [-0.3, -0.25) is 5.10 Å². The highest BCUT2D eigenvalue weighted by atomic mass is 79.9. The van der Waals surface area contributed by atoms with Crippen molar-refractivity contribution in [3.8, 4) is 10.6 Å². The molecule has 0 aromatic carbocycles. The molecule has 1 N–H and O–H groups in total. The number of carbonyl (C=O) groups excluding carboxylic acids is 1. The maximum atomic E-state index is 12.6. The number of H-pyrrole nitrogens is 1. The number of hydrogen-bond donors (Lipinski definition) is 1. The minimum Gasteiger partial charge on any atom is -0.464 e. The van der Waals surface area contributed by atoms with Crippen LogP contribution in [0.3, 0.4) is 0 Å². The summed E-state index contributed by atoms with van der Waals surface area (Å²) in [6, 6.07) is 0. The van der Waals surface area contributed by atoms with Gasteiger partial charge in [0.25, 0.3) is 6.43 Å². The Bertz CT molecular complexity index is 584. The molecule has 0 aliphatic carbocycles. The molecule has 0 saturated heterocycles. The predicted molar refractivity (Wildman–Crippen MR) is 63.7 cm³/mol. The first-order valence-electron chi connectivity index (χ1n) is 4.61. The molecule has 0 saturated carbocycles. The number of nitrogens with zero attached hydrogens (tertiary/aromatic N) is 2. The van der Waals surface area contributed by atoms with E-state index in [0.717, 1.165) is 11.3 Å². The standard InChI is InChI=1S/C9H6BrF2N3O2S/c1-17-9(16)4-3(2-13-15-4)8-14-5(7(11)12)6(10)18-8/h2,7H,1H3,(H,13,15). The van der Waals surface area contributed by atoms with Crippen molar-refractivity contribution in [3.05, 3.63) is 21.4 Å². The Hall–Kier alpha value is -1.35. The molecule has 0 fully saturated rings. The Morgan fingerprint density at radius 2 is 2.33 bits per heavy atom. The van der Waals surface area contributed by atoms with Gasteiger partial charge in [-0.25, -0.2) is 18.6 Å². The van der Waals surface area contributed by atoms with Crippen molar-refractivity contribution in [2.75, 3.05) is 7.11 Å². The van der Waals surface area contributed by atoms with E-state index in [1.54, 1.807) is 0 Å². The quantitative estimate of drug-likeness (QED) is 0.874. The SMILES string of the molecule is COC(=O)c1[nH]ncc1-c1nc(C(F)F)c(Br)s1. The summed E-state index contributed by atoms with van der Waals surface area (Å²) in [6.45, 7) is 0. The number of thiazole rings is 1. The average molecular weight is 338 g/mol. The summed E-state index contributed by atoms with van der Waals surface area (Å²) in [5.74, 6) is -0.632. The third-order valence-corrected chi connectivity index (χ3v) is 3.86. The molecule has 5 nitrogen and oxygen atoms in total. The Kier molecular flexibility index (Phi) is 3.71. The second-order valence-electron chi connectivity index (χ2n) is 3.13. The van der Waals surface area contributed by atoms with E-state index in [4.69, 9.17) is 0 Å². The number of halogens is 3. The number of rotatable bonds is 3. The second-order valence-corrected chi connectivity index (χ2v) is 5.45. The number of carbonyl (C=O) groups is 1. The van der Waals surface area contributed by atoms with Gasteiger partial charge in [-0.2, -0.15) is 5.10 Å². The number of alkyl halides is 2. The van der Waals surface area contributed by atoms with Crippen molar-refractivity contribution in [1.82, 2.24) is 15.2 Å². The van der Waals surface area contributed by atoms with Gasteiger partial charge >= 0.3 is 5.97 Å². The molecule has 9 heteroatoms. The highest BCUT2D eigenvalue weighted by molar-refractivity contribution is 9.11. The van der Waals surface area contributed by atoms with E-state index in [1.165, 1.54) is 13.3 Å². The molecule has 0 aliphatic heterocycles. The van der Waals surface area contributed by atoms with E-state index in [0.29, 0.717) is 5.56 Å². The average Bonchev–Trinajstić information content (AvgIpc) is 2.93.